The van der Waals surface area contributed by atoms with Crippen molar-refractivity contribution in [2.24, 2.45) is 0 Å². The lowest BCUT2D eigenvalue weighted by Crippen LogP contribution is -2.35. The van der Waals surface area contributed by atoms with Crippen LogP contribution in [0.1, 0.15) is 24.8 Å². The number of nitrogens with zero attached hydrogens (tertiary/aromatic N) is 2. The van der Waals surface area contributed by atoms with Gasteiger partial charge in [0.25, 0.3) is 5.91 Å². The Bertz CT molecular complexity index is 1070. The van der Waals surface area contributed by atoms with Crippen molar-refractivity contribution in [3.63, 3.8) is 0 Å². The van der Waals surface area contributed by atoms with Crippen LogP contribution in [0, 0.1) is 5.82 Å². The number of fused-ring (bicyclic) bond motifs is 1. The first-order valence-corrected chi connectivity index (χ1v) is 12.1. The largest absolute Gasteiger partial charge is 0.483 e. The lowest BCUT2D eigenvalue weighted by molar-refractivity contribution is -0.120. The quantitative estimate of drug-likeness (QED) is 0.632. The second-order valence-corrected chi connectivity index (χ2v) is 10.2. The molecule has 1 amide bonds. The molecular formula is C21H22BrFN2O4S. The highest BCUT2D eigenvalue weighted by Crippen LogP contribution is 2.32. The zero-order valence-electron chi connectivity index (χ0n) is 16.3. The lowest BCUT2D eigenvalue weighted by atomic mass is 10.2. The summed E-state index contributed by atoms with van der Waals surface area (Å²) in [5.41, 5.74) is 1.55. The van der Waals surface area contributed by atoms with Crippen LogP contribution in [-0.2, 0) is 21.2 Å². The molecule has 0 unspecified atom stereocenters. The van der Waals surface area contributed by atoms with Gasteiger partial charge >= 0.3 is 0 Å². The van der Waals surface area contributed by atoms with E-state index in [0.29, 0.717) is 42.0 Å². The first kappa shape index (κ1) is 21.3. The normalized spacial score (nSPS) is 17.1. The third-order valence-electron chi connectivity index (χ3n) is 5.45. The molecule has 0 spiro atoms. The molecule has 2 aliphatic rings. The van der Waals surface area contributed by atoms with E-state index in [4.69, 9.17) is 4.74 Å². The van der Waals surface area contributed by atoms with Crippen LogP contribution in [0.4, 0.5) is 10.1 Å². The van der Waals surface area contributed by atoms with Crippen LogP contribution in [0.3, 0.4) is 0 Å². The number of ether oxygens (including phenoxy) is 1. The molecule has 6 nitrogen and oxygen atoms in total. The molecule has 0 aliphatic carbocycles. The van der Waals surface area contributed by atoms with Crippen LogP contribution >= 0.6 is 15.9 Å². The van der Waals surface area contributed by atoms with E-state index in [0.717, 1.165) is 24.8 Å². The molecular weight excluding hydrogens is 475 g/mol. The van der Waals surface area contributed by atoms with Crippen LogP contribution in [-0.4, -0.2) is 44.9 Å². The summed E-state index contributed by atoms with van der Waals surface area (Å²) >= 11 is 3.22. The van der Waals surface area contributed by atoms with Crippen LogP contribution in [0.5, 0.6) is 5.75 Å². The number of carbonyl (C=O) groups excluding carboxylic acids is 1. The Kier molecular flexibility index (Phi) is 6.13. The van der Waals surface area contributed by atoms with Crippen LogP contribution in [0.2, 0.25) is 0 Å². The monoisotopic (exact) mass is 496 g/mol. The third kappa shape index (κ3) is 4.24. The summed E-state index contributed by atoms with van der Waals surface area (Å²) in [5.74, 6) is -0.256. The number of rotatable bonds is 5. The molecule has 0 atom stereocenters. The van der Waals surface area contributed by atoms with Crippen molar-refractivity contribution < 1.29 is 22.3 Å². The summed E-state index contributed by atoms with van der Waals surface area (Å²) in [6, 6.07) is 8.96. The first-order chi connectivity index (χ1) is 14.4. The second kappa shape index (κ2) is 8.64. The topological polar surface area (TPSA) is 66.9 Å². The van der Waals surface area contributed by atoms with Crippen molar-refractivity contribution in [3.05, 3.63) is 52.3 Å². The van der Waals surface area contributed by atoms with E-state index in [-0.39, 0.29) is 17.4 Å². The van der Waals surface area contributed by atoms with Gasteiger partial charge in [0, 0.05) is 25.3 Å². The summed E-state index contributed by atoms with van der Waals surface area (Å²) in [6.45, 7) is 1.38. The van der Waals surface area contributed by atoms with E-state index >= 15 is 0 Å². The fourth-order valence-electron chi connectivity index (χ4n) is 3.86. The van der Waals surface area contributed by atoms with Gasteiger partial charge < -0.3 is 9.64 Å². The fraction of sp³-hybridized carbons (Fsp3) is 0.381. The number of hydrogen-bond acceptors (Lipinski definition) is 4. The molecule has 0 saturated carbocycles. The smallest absolute Gasteiger partial charge is 0.264 e. The number of piperidine rings is 1. The Morgan fingerprint density at radius 2 is 1.83 bits per heavy atom. The van der Waals surface area contributed by atoms with Crippen molar-refractivity contribution >= 4 is 37.5 Å². The van der Waals surface area contributed by atoms with E-state index in [2.05, 4.69) is 15.9 Å². The summed E-state index contributed by atoms with van der Waals surface area (Å²) < 4.78 is 46.5. The molecule has 30 heavy (non-hydrogen) atoms. The Labute approximate surface area is 183 Å². The minimum atomic E-state index is -3.51. The van der Waals surface area contributed by atoms with Crippen LogP contribution in [0.15, 0.2) is 45.8 Å². The van der Waals surface area contributed by atoms with Gasteiger partial charge in [0.15, 0.2) is 6.61 Å². The Balaban J connectivity index is 1.47. The molecule has 1 fully saturated rings. The highest BCUT2D eigenvalue weighted by molar-refractivity contribution is 9.10. The predicted molar refractivity (Wildman–Crippen MR) is 115 cm³/mol. The van der Waals surface area contributed by atoms with Crippen LogP contribution < -0.4 is 9.64 Å². The van der Waals surface area contributed by atoms with Gasteiger partial charge in [-0.15, -0.1) is 0 Å². The van der Waals surface area contributed by atoms with Gasteiger partial charge in [-0.3, -0.25) is 4.79 Å². The van der Waals surface area contributed by atoms with Crippen molar-refractivity contribution in [1.82, 2.24) is 4.31 Å². The average molecular weight is 497 g/mol. The zero-order valence-corrected chi connectivity index (χ0v) is 18.7. The molecule has 0 aromatic heterocycles. The third-order valence-corrected chi connectivity index (χ3v) is 7.96. The predicted octanol–water partition coefficient (Wildman–Crippen LogP) is 3.73. The summed E-state index contributed by atoms with van der Waals surface area (Å²) in [6.07, 6.45) is 3.42. The van der Waals surface area contributed by atoms with E-state index in [1.807, 2.05) is 0 Å². The summed E-state index contributed by atoms with van der Waals surface area (Å²) in [7, 11) is -3.51. The number of amides is 1. The van der Waals surface area contributed by atoms with Crippen LogP contribution in [0.25, 0.3) is 0 Å². The highest BCUT2D eigenvalue weighted by Gasteiger charge is 2.30. The van der Waals surface area contributed by atoms with Gasteiger partial charge in [-0.2, -0.15) is 4.31 Å². The zero-order chi connectivity index (χ0) is 21.3. The van der Waals surface area contributed by atoms with Gasteiger partial charge in [0.05, 0.1) is 9.37 Å². The maximum absolute atomic E-state index is 13.2. The number of anilines is 1. The van der Waals surface area contributed by atoms with Crippen molar-refractivity contribution in [3.8, 4) is 5.75 Å². The van der Waals surface area contributed by atoms with Crippen molar-refractivity contribution in [1.29, 1.82) is 0 Å². The minimum absolute atomic E-state index is 0.197. The minimum Gasteiger partial charge on any atom is -0.483 e. The number of benzene rings is 2. The molecule has 4 rings (SSSR count). The molecule has 0 N–H and O–H groups in total. The molecule has 1 saturated heterocycles. The maximum atomic E-state index is 13.2. The Morgan fingerprint density at radius 3 is 2.57 bits per heavy atom. The van der Waals surface area contributed by atoms with E-state index in [1.165, 1.54) is 18.2 Å². The number of halogens is 2. The lowest BCUT2D eigenvalue weighted by Gasteiger charge is -2.26. The molecule has 2 aromatic rings. The Morgan fingerprint density at radius 1 is 1.07 bits per heavy atom. The van der Waals surface area contributed by atoms with E-state index in [1.54, 1.807) is 27.4 Å². The maximum Gasteiger partial charge on any atom is 0.264 e. The van der Waals surface area contributed by atoms with Gasteiger partial charge in [-0.1, -0.05) is 6.42 Å². The number of carbonyl (C=O) groups is 1. The average Bonchev–Trinajstić information content (AvgIpc) is 3.17. The molecule has 2 aliphatic heterocycles. The van der Waals surface area contributed by atoms with Gasteiger partial charge in [0.2, 0.25) is 10.0 Å². The van der Waals surface area contributed by atoms with Crippen molar-refractivity contribution in [2.45, 2.75) is 30.6 Å². The summed E-state index contributed by atoms with van der Waals surface area (Å²) in [4.78, 5) is 14.6. The summed E-state index contributed by atoms with van der Waals surface area (Å²) in [5, 5.41) is 0. The molecule has 2 heterocycles. The van der Waals surface area contributed by atoms with Gasteiger partial charge in [-0.25, -0.2) is 12.8 Å². The first-order valence-electron chi connectivity index (χ1n) is 9.87. The SMILES string of the molecule is O=C(COc1ccc(F)cc1Br)N1CCc2cc(S(=O)(=O)N3CCCCC3)ccc21. The standard InChI is InChI=1S/C21H22BrFN2O4S/c22-18-13-16(23)4-7-20(18)29-14-21(26)25-11-8-15-12-17(5-6-19(15)25)30(27,28)24-9-2-1-3-10-24/h4-7,12-13H,1-3,8-11,14H2. The van der Waals surface area contributed by atoms with E-state index < -0.39 is 15.8 Å². The van der Waals surface area contributed by atoms with E-state index in [9.17, 15) is 17.6 Å². The van der Waals surface area contributed by atoms with Gasteiger partial charge in [0.1, 0.15) is 11.6 Å². The number of hydrogen-bond donors (Lipinski definition) is 0. The van der Waals surface area contributed by atoms with Gasteiger partial charge in [-0.05, 0) is 77.2 Å². The molecule has 0 bridgehead atoms. The molecule has 2 aromatic carbocycles. The highest BCUT2D eigenvalue weighted by atomic mass is 79.9. The second-order valence-electron chi connectivity index (χ2n) is 7.41. The molecule has 9 heteroatoms. The molecule has 160 valence electrons. The number of sulfonamides is 1. The Hall–Kier alpha value is -1.97. The molecule has 0 radical (unpaired) electrons. The fourth-order valence-corrected chi connectivity index (χ4v) is 5.90. The van der Waals surface area contributed by atoms with Crippen molar-refractivity contribution in [2.75, 3.05) is 31.1 Å².